The van der Waals surface area contributed by atoms with Crippen molar-refractivity contribution < 1.29 is 9.47 Å². The van der Waals surface area contributed by atoms with Gasteiger partial charge in [-0.05, 0) is 24.1 Å². The normalized spacial score (nSPS) is 23.5. The number of nitrogens with zero attached hydrogens (tertiary/aromatic N) is 2. The summed E-state index contributed by atoms with van der Waals surface area (Å²) in [6, 6.07) is 10.5. The fourth-order valence-electron chi connectivity index (χ4n) is 3.47. The smallest absolute Gasteiger partial charge is 0.0991 e. The summed E-state index contributed by atoms with van der Waals surface area (Å²) in [5, 5.41) is 12.6. The van der Waals surface area contributed by atoms with Gasteiger partial charge in [0.15, 0.2) is 0 Å². The van der Waals surface area contributed by atoms with E-state index in [0.717, 1.165) is 70.2 Å². The molecule has 2 aliphatic heterocycles. The Hall–Kier alpha value is -1.45. The van der Waals surface area contributed by atoms with Crippen molar-refractivity contribution in [3.8, 4) is 6.07 Å². The molecule has 5 heteroatoms. The predicted molar refractivity (Wildman–Crippen MR) is 88.0 cm³/mol. The first-order valence-corrected chi connectivity index (χ1v) is 8.46. The van der Waals surface area contributed by atoms with Gasteiger partial charge in [0.05, 0.1) is 31.5 Å². The molecule has 0 aliphatic carbocycles. The molecule has 5 nitrogen and oxygen atoms in total. The number of nitriles is 1. The Morgan fingerprint density at radius 2 is 2.13 bits per heavy atom. The van der Waals surface area contributed by atoms with E-state index in [9.17, 15) is 0 Å². The van der Waals surface area contributed by atoms with Gasteiger partial charge in [0, 0.05) is 44.7 Å². The summed E-state index contributed by atoms with van der Waals surface area (Å²) in [7, 11) is 0. The molecular formula is C18H25N3O2. The van der Waals surface area contributed by atoms with E-state index in [4.69, 9.17) is 14.7 Å². The quantitative estimate of drug-likeness (QED) is 0.859. The minimum Gasteiger partial charge on any atom is -0.381 e. The molecule has 23 heavy (non-hydrogen) atoms. The minimum absolute atomic E-state index is 0.501. The van der Waals surface area contributed by atoms with Crippen molar-refractivity contribution in [2.24, 2.45) is 5.92 Å². The number of benzene rings is 1. The lowest BCUT2D eigenvalue weighted by atomic mass is 9.96. The number of rotatable bonds is 6. The lowest BCUT2D eigenvalue weighted by molar-refractivity contribution is 0.00137. The largest absolute Gasteiger partial charge is 0.381 e. The van der Waals surface area contributed by atoms with Gasteiger partial charge in [-0.1, -0.05) is 12.1 Å². The molecule has 0 spiro atoms. The molecule has 124 valence electrons. The average Bonchev–Trinajstić information content (AvgIpc) is 3.14. The van der Waals surface area contributed by atoms with Gasteiger partial charge in [-0.2, -0.15) is 5.26 Å². The molecule has 0 unspecified atom stereocenters. The maximum absolute atomic E-state index is 8.99. The topological polar surface area (TPSA) is 57.5 Å². The van der Waals surface area contributed by atoms with Crippen LogP contribution in [0.1, 0.15) is 17.5 Å². The molecule has 0 amide bonds. The fraction of sp³-hybridized carbons (Fsp3) is 0.611. The van der Waals surface area contributed by atoms with Gasteiger partial charge < -0.3 is 14.8 Å². The standard InChI is InChI=1S/C18H25N3O2/c19-11-15-2-1-3-16(10-15)12-20-13-18(17-4-7-23-14-17)21-5-8-22-9-6-21/h1-3,10,17-18,20H,4-9,12-14H2/t17-,18-/m1/s1. The maximum Gasteiger partial charge on any atom is 0.0991 e. The molecule has 1 aromatic rings. The van der Waals surface area contributed by atoms with E-state index in [-0.39, 0.29) is 0 Å². The molecule has 2 fully saturated rings. The van der Waals surface area contributed by atoms with Crippen molar-refractivity contribution in [1.82, 2.24) is 10.2 Å². The van der Waals surface area contributed by atoms with Gasteiger partial charge in [-0.25, -0.2) is 0 Å². The molecule has 2 atom stereocenters. The monoisotopic (exact) mass is 315 g/mol. The van der Waals surface area contributed by atoms with Crippen LogP contribution < -0.4 is 5.32 Å². The Labute approximate surface area is 138 Å². The van der Waals surface area contributed by atoms with E-state index < -0.39 is 0 Å². The number of morpholine rings is 1. The third kappa shape index (κ3) is 4.52. The molecule has 0 saturated carbocycles. The third-order valence-corrected chi connectivity index (χ3v) is 4.76. The highest BCUT2D eigenvalue weighted by atomic mass is 16.5. The van der Waals surface area contributed by atoms with Gasteiger partial charge in [0.25, 0.3) is 0 Å². The second-order valence-electron chi connectivity index (χ2n) is 6.28. The minimum atomic E-state index is 0.501. The molecular weight excluding hydrogens is 290 g/mol. The third-order valence-electron chi connectivity index (χ3n) is 4.76. The van der Waals surface area contributed by atoms with Gasteiger partial charge >= 0.3 is 0 Å². The van der Waals surface area contributed by atoms with E-state index in [1.807, 2.05) is 18.2 Å². The first-order valence-electron chi connectivity index (χ1n) is 8.46. The second-order valence-corrected chi connectivity index (χ2v) is 6.28. The second kappa shape index (κ2) is 8.42. The lowest BCUT2D eigenvalue weighted by Crippen LogP contribution is -2.51. The van der Waals surface area contributed by atoms with Crippen LogP contribution in [0.5, 0.6) is 0 Å². The fourth-order valence-corrected chi connectivity index (χ4v) is 3.47. The van der Waals surface area contributed by atoms with Gasteiger partial charge in [-0.3, -0.25) is 4.90 Å². The van der Waals surface area contributed by atoms with Crippen LogP contribution >= 0.6 is 0 Å². The zero-order valence-electron chi connectivity index (χ0n) is 13.5. The van der Waals surface area contributed by atoms with Gasteiger partial charge in [-0.15, -0.1) is 0 Å². The molecule has 0 bridgehead atoms. The molecule has 1 N–H and O–H groups in total. The Bertz CT molecular complexity index is 531. The van der Waals surface area contributed by atoms with Crippen molar-refractivity contribution in [2.75, 3.05) is 46.1 Å². The highest BCUT2D eigenvalue weighted by Crippen LogP contribution is 2.22. The average molecular weight is 315 g/mol. The van der Waals surface area contributed by atoms with Gasteiger partial charge in [0.1, 0.15) is 0 Å². The van der Waals surface area contributed by atoms with Crippen LogP contribution in [-0.4, -0.2) is 57.0 Å². The number of hydrogen-bond acceptors (Lipinski definition) is 5. The molecule has 3 rings (SSSR count). The van der Waals surface area contributed by atoms with Crippen LogP contribution in [-0.2, 0) is 16.0 Å². The van der Waals surface area contributed by atoms with E-state index in [0.29, 0.717) is 12.0 Å². The van der Waals surface area contributed by atoms with Crippen LogP contribution in [0.3, 0.4) is 0 Å². The highest BCUT2D eigenvalue weighted by molar-refractivity contribution is 5.32. The summed E-state index contributed by atoms with van der Waals surface area (Å²) in [6.07, 6.45) is 1.15. The molecule has 2 saturated heterocycles. The Morgan fingerprint density at radius 3 is 2.87 bits per heavy atom. The SMILES string of the molecule is N#Cc1cccc(CNC[C@H]([C@@H]2CCOC2)N2CCOCC2)c1. The molecule has 1 aromatic carbocycles. The summed E-state index contributed by atoms with van der Waals surface area (Å²) in [5.41, 5.74) is 1.88. The van der Waals surface area contributed by atoms with E-state index in [1.54, 1.807) is 0 Å². The summed E-state index contributed by atoms with van der Waals surface area (Å²) in [6.45, 7) is 7.17. The van der Waals surface area contributed by atoms with Gasteiger partial charge in [0.2, 0.25) is 0 Å². The molecule has 2 heterocycles. The van der Waals surface area contributed by atoms with Crippen molar-refractivity contribution in [3.63, 3.8) is 0 Å². The highest BCUT2D eigenvalue weighted by Gasteiger charge is 2.31. The van der Waals surface area contributed by atoms with Crippen molar-refractivity contribution >= 4 is 0 Å². The lowest BCUT2D eigenvalue weighted by Gasteiger charge is -2.37. The van der Waals surface area contributed by atoms with E-state index >= 15 is 0 Å². The Kier molecular flexibility index (Phi) is 6.00. The van der Waals surface area contributed by atoms with Crippen LogP contribution in [0.15, 0.2) is 24.3 Å². The number of hydrogen-bond donors (Lipinski definition) is 1. The zero-order valence-corrected chi connectivity index (χ0v) is 13.5. The Balaban J connectivity index is 1.56. The summed E-state index contributed by atoms with van der Waals surface area (Å²) >= 11 is 0. The number of nitrogens with one attached hydrogen (secondary N) is 1. The maximum atomic E-state index is 8.99. The molecule has 2 aliphatic rings. The Morgan fingerprint density at radius 1 is 1.26 bits per heavy atom. The van der Waals surface area contributed by atoms with Crippen molar-refractivity contribution in [3.05, 3.63) is 35.4 Å². The molecule has 0 radical (unpaired) electrons. The van der Waals surface area contributed by atoms with E-state index in [1.165, 1.54) is 0 Å². The molecule has 0 aromatic heterocycles. The zero-order chi connectivity index (χ0) is 15.9. The number of ether oxygens (including phenoxy) is 2. The van der Waals surface area contributed by atoms with Crippen LogP contribution in [0.2, 0.25) is 0 Å². The van der Waals surface area contributed by atoms with Crippen molar-refractivity contribution in [2.45, 2.75) is 19.0 Å². The first kappa shape index (κ1) is 16.4. The van der Waals surface area contributed by atoms with Crippen LogP contribution in [0.4, 0.5) is 0 Å². The van der Waals surface area contributed by atoms with E-state index in [2.05, 4.69) is 22.4 Å². The summed E-state index contributed by atoms with van der Waals surface area (Å²) in [5.74, 6) is 0.603. The summed E-state index contributed by atoms with van der Waals surface area (Å²) < 4.78 is 11.1. The predicted octanol–water partition coefficient (Wildman–Crippen LogP) is 1.39. The first-order chi connectivity index (χ1) is 11.4. The van der Waals surface area contributed by atoms with Crippen LogP contribution in [0, 0.1) is 17.2 Å². The summed E-state index contributed by atoms with van der Waals surface area (Å²) in [4.78, 5) is 2.54. The van der Waals surface area contributed by atoms with Crippen LogP contribution in [0.25, 0.3) is 0 Å². The van der Waals surface area contributed by atoms with Crippen molar-refractivity contribution in [1.29, 1.82) is 5.26 Å².